The molecule has 0 spiro atoms. The summed E-state index contributed by atoms with van der Waals surface area (Å²) in [4.78, 5) is 23.2. The van der Waals surface area contributed by atoms with Gasteiger partial charge in [0.1, 0.15) is 12.3 Å². The number of carbonyl (C=O) groups is 1. The number of amides is 1. The number of ether oxygens (including phenoxy) is 1. The fraction of sp³-hybridized carbons (Fsp3) is 0.208. The molecule has 0 bridgehead atoms. The van der Waals surface area contributed by atoms with E-state index in [1.54, 1.807) is 24.3 Å². The van der Waals surface area contributed by atoms with Crippen molar-refractivity contribution in [2.45, 2.75) is 31.4 Å². The van der Waals surface area contributed by atoms with E-state index in [9.17, 15) is 23.3 Å². The van der Waals surface area contributed by atoms with Crippen molar-refractivity contribution in [3.05, 3.63) is 94.5 Å². The highest BCUT2D eigenvalue weighted by Crippen LogP contribution is 2.25. The summed E-state index contributed by atoms with van der Waals surface area (Å²) in [7, 11) is -4.10. The molecule has 0 aliphatic carbocycles. The molecule has 0 saturated carbocycles. The highest BCUT2D eigenvalue weighted by Gasteiger charge is 2.27. The van der Waals surface area contributed by atoms with Crippen LogP contribution in [0.25, 0.3) is 0 Å². The highest BCUT2D eigenvalue weighted by molar-refractivity contribution is 7.92. The van der Waals surface area contributed by atoms with Crippen molar-refractivity contribution >= 4 is 27.3 Å². The van der Waals surface area contributed by atoms with Gasteiger partial charge in [-0.15, -0.1) is 0 Å². The molecule has 0 aliphatic heterocycles. The van der Waals surface area contributed by atoms with Gasteiger partial charge >= 0.3 is 0 Å². The van der Waals surface area contributed by atoms with Crippen LogP contribution in [0.15, 0.2) is 83.8 Å². The van der Waals surface area contributed by atoms with Gasteiger partial charge in [0.15, 0.2) is 0 Å². The summed E-state index contributed by atoms with van der Waals surface area (Å²) in [6, 6.07) is 19.9. The van der Waals surface area contributed by atoms with Crippen molar-refractivity contribution < 1.29 is 22.9 Å². The average Bonchev–Trinajstić information content (AvgIpc) is 2.81. The minimum Gasteiger partial charge on any atom is -0.491 e. The van der Waals surface area contributed by atoms with E-state index in [0.29, 0.717) is 5.75 Å². The number of nitrogens with one attached hydrogen (secondary N) is 1. The maximum absolute atomic E-state index is 13.3. The standard InChI is InChI=1S/C24H25N3O6S/c1-18(2)33-22-8-6-7-19(15-22)16-25-24(28)17-26(20-11-13-21(14-12-20)27(29)30)34(31,32)23-9-4-3-5-10-23/h3-15,18H,16-17H2,1-2H3,(H,25,28). The van der Waals surface area contributed by atoms with Crippen LogP contribution in [0.2, 0.25) is 0 Å². The Morgan fingerprint density at radius 1 is 1.03 bits per heavy atom. The SMILES string of the molecule is CC(C)Oc1cccc(CNC(=O)CN(c2ccc([N+](=O)[O-])cc2)S(=O)(=O)c2ccccc2)c1. The summed E-state index contributed by atoms with van der Waals surface area (Å²) in [6.45, 7) is 3.49. The van der Waals surface area contributed by atoms with E-state index in [1.165, 1.54) is 36.4 Å². The van der Waals surface area contributed by atoms with Crippen molar-refractivity contribution in [3.8, 4) is 5.75 Å². The van der Waals surface area contributed by atoms with Crippen LogP contribution in [0, 0.1) is 10.1 Å². The third-order valence-corrected chi connectivity index (χ3v) is 6.51. The Morgan fingerprint density at radius 2 is 1.71 bits per heavy atom. The fourth-order valence-corrected chi connectivity index (χ4v) is 4.61. The monoisotopic (exact) mass is 483 g/mol. The summed E-state index contributed by atoms with van der Waals surface area (Å²) < 4.78 is 33.2. The van der Waals surface area contributed by atoms with Crippen LogP contribution in [0.5, 0.6) is 5.75 Å². The molecule has 0 heterocycles. The lowest BCUT2D eigenvalue weighted by molar-refractivity contribution is -0.384. The molecule has 0 aromatic heterocycles. The van der Waals surface area contributed by atoms with E-state index in [4.69, 9.17) is 4.74 Å². The van der Waals surface area contributed by atoms with Crippen LogP contribution in [0.1, 0.15) is 19.4 Å². The molecular weight excluding hydrogens is 458 g/mol. The second-order valence-electron chi connectivity index (χ2n) is 7.69. The highest BCUT2D eigenvalue weighted by atomic mass is 32.2. The van der Waals surface area contributed by atoms with Crippen molar-refractivity contribution in [3.63, 3.8) is 0 Å². The van der Waals surface area contributed by atoms with Crippen molar-refractivity contribution in [1.82, 2.24) is 5.32 Å². The van der Waals surface area contributed by atoms with E-state index in [1.807, 2.05) is 32.0 Å². The third-order valence-electron chi connectivity index (χ3n) is 4.73. The number of hydrogen-bond acceptors (Lipinski definition) is 6. The smallest absolute Gasteiger partial charge is 0.269 e. The van der Waals surface area contributed by atoms with Gasteiger partial charge in [0, 0.05) is 18.7 Å². The Morgan fingerprint density at radius 3 is 2.32 bits per heavy atom. The van der Waals surface area contributed by atoms with Gasteiger partial charge in [-0.3, -0.25) is 19.2 Å². The number of benzene rings is 3. The number of rotatable bonds is 10. The van der Waals surface area contributed by atoms with E-state index < -0.39 is 27.4 Å². The van der Waals surface area contributed by atoms with E-state index in [2.05, 4.69) is 5.32 Å². The maximum Gasteiger partial charge on any atom is 0.269 e. The first-order valence-electron chi connectivity index (χ1n) is 10.5. The zero-order valence-corrected chi connectivity index (χ0v) is 19.6. The predicted molar refractivity (Wildman–Crippen MR) is 128 cm³/mol. The zero-order chi connectivity index (χ0) is 24.7. The van der Waals surface area contributed by atoms with Crippen LogP contribution in [-0.4, -0.2) is 31.9 Å². The van der Waals surface area contributed by atoms with E-state index >= 15 is 0 Å². The molecule has 178 valence electrons. The van der Waals surface area contributed by atoms with Crippen LogP contribution in [0.3, 0.4) is 0 Å². The molecule has 3 aromatic rings. The second-order valence-corrected chi connectivity index (χ2v) is 9.55. The van der Waals surface area contributed by atoms with Crippen molar-refractivity contribution in [2.24, 2.45) is 0 Å². The second kappa shape index (κ2) is 10.8. The van der Waals surface area contributed by atoms with Crippen LogP contribution in [-0.2, 0) is 21.4 Å². The first kappa shape index (κ1) is 24.7. The van der Waals surface area contributed by atoms with Crippen molar-refractivity contribution in [2.75, 3.05) is 10.8 Å². The lowest BCUT2D eigenvalue weighted by Gasteiger charge is -2.24. The minimum atomic E-state index is -4.10. The van der Waals surface area contributed by atoms with Gasteiger partial charge in [0.25, 0.3) is 15.7 Å². The van der Waals surface area contributed by atoms with E-state index in [-0.39, 0.29) is 28.9 Å². The molecule has 0 radical (unpaired) electrons. The van der Waals surface area contributed by atoms with Gasteiger partial charge in [0.2, 0.25) is 5.91 Å². The first-order chi connectivity index (χ1) is 16.2. The Balaban J connectivity index is 1.81. The molecule has 34 heavy (non-hydrogen) atoms. The molecular formula is C24H25N3O6S. The topological polar surface area (TPSA) is 119 Å². The van der Waals surface area contributed by atoms with Crippen molar-refractivity contribution in [1.29, 1.82) is 0 Å². The quantitative estimate of drug-likeness (QED) is 0.345. The molecule has 0 fully saturated rings. The Labute approximate surface area is 198 Å². The predicted octanol–water partition coefficient (Wildman–Crippen LogP) is 3.89. The summed E-state index contributed by atoms with van der Waals surface area (Å²) in [5.74, 6) is 0.133. The molecule has 0 aliphatic rings. The molecule has 1 amide bonds. The van der Waals surface area contributed by atoms with Crippen LogP contribution < -0.4 is 14.4 Å². The lowest BCUT2D eigenvalue weighted by atomic mass is 10.2. The number of nitro groups is 1. The number of sulfonamides is 1. The van der Waals surface area contributed by atoms with Gasteiger partial charge in [-0.25, -0.2) is 8.42 Å². The number of nitro benzene ring substituents is 1. The molecule has 3 aromatic carbocycles. The minimum absolute atomic E-state index is 0.000289. The molecule has 1 N–H and O–H groups in total. The first-order valence-corrected chi connectivity index (χ1v) is 12.0. The van der Waals surface area contributed by atoms with E-state index in [0.717, 1.165) is 9.87 Å². The largest absolute Gasteiger partial charge is 0.491 e. The number of hydrogen-bond donors (Lipinski definition) is 1. The lowest BCUT2D eigenvalue weighted by Crippen LogP contribution is -2.40. The van der Waals surface area contributed by atoms with Crippen LogP contribution >= 0.6 is 0 Å². The Bertz CT molecular complexity index is 1250. The summed E-state index contributed by atoms with van der Waals surface area (Å²) in [5, 5.41) is 13.7. The van der Waals surface area contributed by atoms with Gasteiger partial charge in [0.05, 0.1) is 21.6 Å². The molecule has 0 atom stereocenters. The molecule has 0 saturated heterocycles. The van der Waals surface area contributed by atoms with Gasteiger partial charge in [-0.05, 0) is 55.8 Å². The fourth-order valence-electron chi connectivity index (χ4n) is 3.16. The van der Waals surface area contributed by atoms with Gasteiger partial charge in [-0.1, -0.05) is 30.3 Å². The maximum atomic E-state index is 13.3. The number of nitrogens with zero attached hydrogens (tertiary/aromatic N) is 2. The summed E-state index contributed by atoms with van der Waals surface area (Å²) >= 11 is 0. The molecule has 9 nitrogen and oxygen atoms in total. The van der Waals surface area contributed by atoms with Gasteiger partial charge < -0.3 is 10.1 Å². The normalized spacial score (nSPS) is 11.1. The number of non-ortho nitro benzene ring substituents is 1. The Hall–Kier alpha value is -3.92. The summed E-state index contributed by atoms with van der Waals surface area (Å²) in [6.07, 6.45) is 0.00305. The molecule has 0 unspecified atom stereocenters. The average molecular weight is 484 g/mol. The molecule has 3 rings (SSSR count). The van der Waals surface area contributed by atoms with Gasteiger partial charge in [-0.2, -0.15) is 0 Å². The van der Waals surface area contributed by atoms with Crippen LogP contribution in [0.4, 0.5) is 11.4 Å². The third kappa shape index (κ3) is 6.32. The number of anilines is 1. The Kier molecular flexibility index (Phi) is 7.85. The number of carbonyl (C=O) groups excluding carboxylic acids is 1. The molecule has 10 heteroatoms. The zero-order valence-electron chi connectivity index (χ0n) is 18.7. The summed E-state index contributed by atoms with van der Waals surface area (Å²) in [5.41, 5.74) is 0.741.